The fraction of sp³-hybridized carbons (Fsp3) is 0.462. The lowest BCUT2D eigenvalue weighted by atomic mass is 10.1. The van der Waals surface area contributed by atoms with Crippen LogP contribution in [0.3, 0.4) is 0 Å². The van der Waals surface area contributed by atoms with Gasteiger partial charge in [0.15, 0.2) is 6.61 Å². The number of β-amino-alcohol motifs (C(OH)–C–C–N with tert-alkyl or cyclic N) is 1. The summed E-state index contributed by atoms with van der Waals surface area (Å²) in [5.74, 6) is 0.483. The number of carbonyl (C=O) groups excluding carboxylic acids is 1. The van der Waals surface area contributed by atoms with Gasteiger partial charge in [0, 0.05) is 24.8 Å². The van der Waals surface area contributed by atoms with E-state index < -0.39 is 6.10 Å². The van der Waals surface area contributed by atoms with Crippen LogP contribution in [-0.2, 0) is 4.79 Å². The highest BCUT2D eigenvalue weighted by Gasteiger charge is 2.22. The number of piperidine rings is 1. The molecule has 18 heavy (non-hydrogen) atoms. The molecule has 0 spiro atoms. The zero-order chi connectivity index (χ0) is 13.0. The maximum Gasteiger partial charge on any atom is 0.260 e. The number of hydrogen-bond acceptors (Lipinski definition) is 4. The number of ether oxygens (including phenoxy) is 1. The van der Waals surface area contributed by atoms with Gasteiger partial charge in [-0.2, -0.15) is 0 Å². The molecular formula is C13H18N2O3. The van der Waals surface area contributed by atoms with Crippen molar-refractivity contribution in [2.45, 2.75) is 18.9 Å². The first kappa shape index (κ1) is 12.7. The highest BCUT2D eigenvalue weighted by molar-refractivity contribution is 5.78. The van der Waals surface area contributed by atoms with E-state index in [0.29, 0.717) is 24.5 Å². The van der Waals surface area contributed by atoms with Gasteiger partial charge in [-0.05, 0) is 25.0 Å². The summed E-state index contributed by atoms with van der Waals surface area (Å²) >= 11 is 0. The van der Waals surface area contributed by atoms with Gasteiger partial charge < -0.3 is 20.5 Å². The largest absolute Gasteiger partial charge is 0.484 e. The topological polar surface area (TPSA) is 75.8 Å². The zero-order valence-electron chi connectivity index (χ0n) is 10.2. The van der Waals surface area contributed by atoms with Crippen molar-refractivity contribution in [1.82, 2.24) is 4.90 Å². The number of carbonyl (C=O) groups is 1. The molecular weight excluding hydrogens is 232 g/mol. The molecule has 1 saturated heterocycles. The first-order valence-electron chi connectivity index (χ1n) is 6.09. The van der Waals surface area contributed by atoms with Crippen LogP contribution >= 0.6 is 0 Å². The Labute approximate surface area is 106 Å². The van der Waals surface area contributed by atoms with Gasteiger partial charge in [0.05, 0.1) is 6.10 Å². The maximum absolute atomic E-state index is 11.9. The number of nitrogen functional groups attached to an aromatic ring is 1. The Morgan fingerprint density at radius 1 is 1.56 bits per heavy atom. The standard InChI is InChI=1S/C13H18N2O3/c14-10-3-1-5-12(7-10)18-9-13(17)15-6-2-4-11(16)8-15/h1,3,5,7,11,16H,2,4,6,8-9,14H2/t11-/m0/s1. The number of likely N-dealkylation sites (tertiary alicyclic amines) is 1. The number of benzene rings is 1. The number of nitrogens with two attached hydrogens (primary N) is 1. The van der Waals surface area contributed by atoms with Gasteiger partial charge in [-0.25, -0.2) is 0 Å². The van der Waals surface area contributed by atoms with Crippen LogP contribution in [0.15, 0.2) is 24.3 Å². The number of aliphatic hydroxyl groups excluding tert-OH is 1. The molecule has 0 radical (unpaired) electrons. The van der Waals surface area contributed by atoms with Crippen LogP contribution in [0.2, 0.25) is 0 Å². The van der Waals surface area contributed by atoms with E-state index in [2.05, 4.69) is 0 Å². The molecule has 0 aliphatic carbocycles. The lowest BCUT2D eigenvalue weighted by molar-refractivity contribution is -0.136. The summed E-state index contributed by atoms with van der Waals surface area (Å²) in [7, 11) is 0. The van der Waals surface area contributed by atoms with E-state index >= 15 is 0 Å². The minimum Gasteiger partial charge on any atom is -0.484 e. The summed E-state index contributed by atoms with van der Waals surface area (Å²) < 4.78 is 5.38. The average molecular weight is 250 g/mol. The molecule has 5 heteroatoms. The minimum absolute atomic E-state index is 0.0177. The van der Waals surface area contributed by atoms with E-state index in [1.54, 1.807) is 29.2 Å². The van der Waals surface area contributed by atoms with E-state index in [1.807, 2.05) is 0 Å². The van der Waals surface area contributed by atoms with Gasteiger partial charge in [-0.15, -0.1) is 0 Å². The molecule has 0 bridgehead atoms. The Balaban J connectivity index is 1.84. The third kappa shape index (κ3) is 3.37. The fourth-order valence-electron chi connectivity index (χ4n) is 2.02. The second-order valence-electron chi connectivity index (χ2n) is 4.50. The van der Waals surface area contributed by atoms with Crippen molar-refractivity contribution in [3.63, 3.8) is 0 Å². The Kier molecular flexibility index (Phi) is 4.04. The van der Waals surface area contributed by atoms with Crippen molar-refractivity contribution in [2.24, 2.45) is 0 Å². The van der Waals surface area contributed by atoms with E-state index in [1.165, 1.54) is 0 Å². The van der Waals surface area contributed by atoms with Gasteiger partial charge in [0.2, 0.25) is 0 Å². The first-order valence-corrected chi connectivity index (χ1v) is 6.09. The van der Waals surface area contributed by atoms with Crippen LogP contribution in [0.1, 0.15) is 12.8 Å². The van der Waals surface area contributed by atoms with Crippen molar-refractivity contribution in [3.8, 4) is 5.75 Å². The monoisotopic (exact) mass is 250 g/mol. The number of aliphatic hydroxyl groups is 1. The highest BCUT2D eigenvalue weighted by Crippen LogP contribution is 2.15. The van der Waals surface area contributed by atoms with Crippen LogP contribution in [-0.4, -0.2) is 41.7 Å². The number of amides is 1. The highest BCUT2D eigenvalue weighted by atomic mass is 16.5. The predicted octanol–water partition coefficient (Wildman–Crippen LogP) is 0.631. The number of nitrogens with zero attached hydrogens (tertiary/aromatic N) is 1. The normalized spacial score (nSPS) is 19.6. The lowest BCUT2D eigenvalue weighted by Gasteiger charge is -2.30. The predicted molar refractivity (Wildman–Crippen MR) is 68.2 cm³/mol. The second kappa shape index (κ2) is 5.73. The Bertz CT molecular complexity index is 422. The quantitative estimate of drug-likeness (QED) is 0.772. The molecule has 1 aromatic rings. The van der Waals surface area contributed by atoms with Gasteiger partial charge in [0.25, 0.3) is 5.91 Å². The number of anilines is 1. The van der Waals surface area contributed by atoms with E-state index in [4.69, 9.17) is 10.5 Å². The molecule has 0 saturated carbocycles. The summed E-state index contributed by atoms with van der Waals surface area (Å²) in [6.45, 7) is 1.07. The summed E-state index contributed by atoms with van der Waals surface area (Å²) in [5.41, 5.74) is 6.22. The van der Waals surface area contributed by atoms with E-state index in [9.17, 15) is 9.90 Å². The molecule has 5 nitrogen and oxygen atoms in total. The maximum atomic E-state index is 11.9. The molecule has 1 amide bonds. The minimum atomic E-state index is -0.407. The molecule has 3 N–H and O–H groups in total. The number of rotatable bonds is 3. The Hall–Kier alpha value is -1.75. The summed E-state index contributed by atoms with van der Waals surface area (Å²) in [6.07, 6.45) is 1.19. The summed E-state index contributed by atoms with van der Waals surface area (Å²) in [6, 6.07) is 6.97. The van der Waals surface area contributed by atoms with Gasteiger partial charge >= 0.3 is 0 Å². The third-order valence-corrected chi connectivity index (χ3v) is 2.97. The molecule has 1 aromatic carbocycles. The summed E-state index contributed by atoms with van der Waals surface area (Å²) in [5, 5.41) is 9.50. The van der Waals surface area contributed by atoms with Crippen molar-refractivity contribution in [3.05, 3.63) is 24.3 Å². The molecule has 98 valence electrons. The fourth-order valence-corrected chi connectivity index (χ4v) is 2.02. The molecule has 2 rings (SSSR count). The number of hydrogen-bond donors (Lipinski definition) is 2. The first-order chi connectivity index (χ1) is 8.65. The molecule has 1 heterocycles. The molecule has 1 atom stereocenters. The smallest absolute Gasteiger partial charge is 0.260 e. The van der Waals surface area contributed by atoms with Gasteiger partial charge in [-0.3, -0.25) is 4.79 Å². The van der Waals surface area contributed by atoms with Crippen LogP contribution in [0.5, 0.6) is 5.75 Å². The Morgan fingerprint density at radius 2 is 2.39 bits per heavy atom. The SMILES string of the molecule is Nc1cccc(OCC(=O)N2CCC[C@H](O)C2)c1. The molecule has 1 fully saturated rings. The lowest BCUT2D eigenvalue weighted by Crippen LogP contribution is -2.44. The molecule has 1 aliphatic heterocycles. The van der Waals surface area contributed by atoms with Crippen LogP contribution in [0, 0.1) is 0 Å². The van der Waals surface area contributed by atoms with Crippen molar-refractivity contribution >= 4 is 11.6 Å². The van der Waals surface area contributed by atoms with Crippen molar-refractivity contribution in [1.29, 1.82) is 0 Å². The third-order valence-electron chi connectivity index (χ3n) is 2.97. The molecule has 0 aromatic heterocycles. The molecule has 1 aliphatic rings. The Morgan fingerprint density at radius 3 is 3.11 bits per heavy atom. The average Bonchev–Trinajstić information content (AvgIpc) is 2.36. The van der Waals surface area contributed by atoms with Crippen molar-refractivity contribution in [2.75, 3.05) is 25.4 Å². The summed E-state index contributed by atoms with van der Waals surface area (Å²) in [4.78, 5) is 13.5. The zero-order valence-corrected chi connectivity index (χ0v) is 10.2. The van der Waals surface area contributed by atoms with Crippen LogP contribution < -0.4 is 10.5 Å². The van der Waals surface area contributed by atoms with Gasteiger partial charge in [-0.1, -0.05) is 6.07 Å². The molecule has 0 unspecified atom stereocenters. The van der Waals surface area contributed by atoms with E-state index in [0.717, 1.165) is 12.8 Å². The van der Waals surface area contributed by atoms with Crippen LogP contribution in [0.25, 0.3) is 0 Å². The van der Waals surface area contributed by atoms with Crippen molar-refractivity contribution < 1.29 is 14.6 Å². The van der Waals surface area contributed by atoms with Crippen LogP contribution in [0.4, 0.5) is 5.69 Å². The second-order valence-corrected chi connectivity index (χ2v) is 4.50. The van der Waals surface area contributed by atoms with Gasteiger partial charge in [0.1, 0.15) is 5.75 Å². The van der Waals surface area contributed by atoms with E-state index in [-0.39, 0.29) is 12.5 Å².